The van der Waals surface area contributed by atoms with E-state index in [0.29, 0.717) is 6.61 Å². The van der Waals surface area contributed by atoms with Gasteiger partial charge in [0.1, 0.15) is 17.9 Å². The van der Waals surface area contributed by atoms with Crippen molar-refractivity contribution in [3.63, 3.8) is 0 Å². The first-order chi connectivity index (χ1) is 10.3. The second kappa shape index (κ2) is 5.71. The molecule has 0 bridgehead atoms. The minimum Gasteiger partial charge on any atom is -0.497 e. The lowest BCUT2D eigenvalue weighted by Crippen LogP contribution is -2.12. The minimum absolute atomic E-state index is 0.420. The highest BCUT2D eigenvalue weighted by molar-refractivity contribution is 5.80. The van der Waals surface area contributed by atoms with Crippen LogP contribution in [0.4, 0.5) is 0 Å². The first-order valence-electron chi connectivity index (χ1n) is 6.69. The van der Waals surface area contributed by atoms with E-state index in [1.54, 1.807) is 17.9 Å². The highest BCUT2D eigenvalue weighted by Gasteiger charge is 2.13. The van der Waals surface area contributed by atoms with Crippen LogP contribution < -0.4 is 9.57 Å². The summed E-state index contributed by atoms with van der Waals surface area (Å²) in [6.07, 6.45) is 1.71. The summed E-state index contributed by atoms with van der Waals surface area (Å²) in [7, 11) is 1.65. The molecule has 3 aromatic rings. The van der Waals surface area contributed by atoms with Crippen LogP contribution >= 0.6 is 0 Å². The Morgan fingerprint density at radius 1 is 1.14 bits per heavy atom. The topological polar surface area (TPSA) is 36.3 Å². The second-order valence-electron chi connectivity index (χ2n) is 4.53. The largest absolute Gasteiger partial charge is 0.497 e. The molecule has 0 radical (unpaired) electrons. The van der Waals surface area contributed by atoms with Crippen molar-refractivity contribution in [2.24, 2.45) is 0 Å². The van der Waals surface area contributed by atoms with Crippen molar-refractivity contribution in [2.45, 2.75) is 0 Å². The Bertz CT molecular complexity index is 760. The van der Waals surface area contributed by atoms with Crippen molar-refractivity contribution in [1.82, 2.24) is 9.71 Å². The predicted octanol–water partition coefficient (Wildman–Crippen LogP) is 3.33. The van der Waals surface area contributed by atoms with Crippen LogP contribution in [0.25, 0.3) is 22.4 Å². The summed E-state index contributed by atoms with van der Waals surface area (Å²) in [6.45, 7) is 4.11. The molecule has 0 amide bonds. The third-order valence-corrected chi connectivity index (χ3v) is 3.19. The molecule has 0 aliphatic heterocycles. The molecule has 1 heterocycles. The van der Waals surface area contributed by atoms with Crippen LogP contribution in [0.2, 0.25) is 0 Å². The van der Waals surface area contributed by atoms with E-state index in [1.165, 1.54) is 0 Å². The first kappa shape index (κ1) is 13.2. The van der Waals surface area contributed by atoms with Crippen molar-refractivity contribution in [3.8, 4) is 17.1 Å². The summed E-state index contributed by atoms with van der Waals surface area (Å²) in [5.41, 5.74) is 2.80. The van der Waals surface area contributed by atoms with Gasteiger partial charge in [-0.3, -0.25) is 0 Å². The highest BCUT2D eigenvalue weighted by Crippen LogP contribution is 2.25. The quantitative estimate of drug-likeness (QED) is 0.673. The van der Waals surface area contributed by atoms with E-state index in [2.05, 4.69) is 11.6 Å². The van der Waals surface area contributed by atoms with Crippen LogP contribution in [-0.2, 0) is 0 Å². The normalized spacial score (nSPS) is 10.5. The number of imidazole rings is 1. The zero-order chi connectivity index (χ0) is 14.7. The molecule has 3 rings (SSSR count). The third-order valence-electron chi connectivity index (χ3n) is 3.19. The van der Waals surface area contributed by atoms with E-state index in [1.807, 2.05) is 48.5 Å². The molecule has 2 aromatic carbocycles. The molecule has 21 heavy (non-hydrogen) atoms. The lowest BCUT2D eigenvalue weighted by Gasteiger charge is -2.09. The Morgan fingerprint density at radius 2 is 1.90 bits per heavy atom. The van der Waals surface area contributed by atoms with Gasteiger partial charge in [0.15, 0.2) is 5.82 Å². The molecule has 0 aliphatic rings. The molecule has 0 saturated heterocycles. The standard InChI is InChI=1S/C17H16N2O2/c1-3-12-21-19-16-7-5-4-6-15(16)18-17(19)13-8-10-14(20-2)11-9-13/h3-11H,1,12H2,2H3. The maximum atomic E-state index is 5.76. The van der Waals surface area contributed by atoms with E-state index in [4.69, 9.17) is 9.57 Å². The molecule has 0 spiro atoms. The molecule has 0 N–H and O–H groups in total. The number of para-hydroxylation sites is 2. The summed E-state index contributed by atoms with van der Waals surface area (Å²) in [6, 6.07) is 15.6. The molecule has 1 aromatic heterocycles. The monoisotopic (exact) mass is 280 g/mol. The molecule has 0 atom stereocenters. The van der Waals surface area contributed by atoms with Gasteiger partial charge in [0.25, 0.3) is 0 Å². The van der Waals surface area contributed by atoms with E-state index in [9.17, 15) is 0 Å². The molecule has 106 valence electrons. The number of fused-ring (bicyclic) bond motifs is 1. The Hall–Kier alpha value is -2.75. The van der Waals surface area contributed by atoms with Gasteiger partial charge >= 0.3 is 0 Å². The lowest BCUT2D eigenvalue weighted by atomic mass is 10.2. The van der Waals surface area contributed by atoms with Gasteiger partial charge in [0.05, 0.1) is 12.6 Å². The van der Waals surface area contributed by atoms with Gasteiger partial charge < -0.3 is 9.57 Å². The maximum Gasteiger partial charge on any atom is 0.176 e. The van der Waals surface area contributed by atoms with Crippen LogP contribution in [-0.4, -0.2) is 23.4 Å². The molecule has 0 fully saturated rings. The van der Waals surface area contributed by atoms with Gasteiger partial charge in [0.2, 0.25) is 0 Å². The molecule has 0 unspecified atom stereocenters. The highest BCUT2D eigenvalue weighted by atomic mass is 16.7. The van der Waals surface area contributed by atoms with Crippen LogP contribution in [0, 0.1) is 0 Å². The Labute approximate surface area is 123 Å². The van der Waals surface area contributed by atoms with Crippen LogP contribution in [0.15, 0.2) is 61.2 Å². The molecule has 4 heteroatoms. The fraction of sp³-hybridized carbons (Fsp3) is 0.118. The summed E-state index contributed by atoms with van der Waals surface area (Å²) >= 11 is 0. The van der Waals surface area contributed by atoms with Crippen LogP contribution in [0.3, 0.4) is 0 Å². The third kappa shape index (κ3) is 2.48. The number of benzene rings is 2. The van der Waals surface area contributed by atoms with E-state index in [0.717, 1.165) is 28.2 Å². The average Bonchev–Trinajstić information content (AvgIpc) is 2.91. The zero-order valence-electron chi connectivity index (χ0n) is 11.8. The molecule has 0 saturated carbocycles. The Morgan fingerprint density at radius 3 is 2.62 bits per heavy atom. The van der Waals surface area contributed by atoms with Crippen molar-refractivity contribution in [3.05, 3.63) is 61.2 Å². The van der Waals surface area contributed by atoms with Crippen molar-refractivity contribution in [1.29, 1.82) is 0 Å². The van der Waals surface area contributed by atoms with Gasteiger partial charge in [0, 0.05) is 5.56 Å². The molecular formula is C17H16N2O2. The molecule has 0 aliphatic carbocycles. The Balaban J connectivity index is 2.12. The number of rotatable bonds is 5. The lowest BCUT2D eigenvalue weighted by molar-refractivity contribution is 0.148. The smallest absolute Gasteiger partial charge is 0.176 e. The maximum absolute atomic E-state index is 5.76. The number of hydrogen-bond donors (Lipinski definition) is 0. The van der Waals surface area contributed by atoms with Gasteiger partial charge in [-0.05, 0) is 36.4 Å². The first-order valence-corrected chi connectivity index (χ1v) is 6.69. The van der Waals surface area contributed by atoms with Crippen LogP contribution in [0.5, 0.6) is 5.75 Å². The second-order valence-corrected chi connectivity index (χ2v) is 4.53. The van der Waals surface area contributed by atoms with Crippen molar-refractivity contribution < 1.29 is 9.57 Å². The summed E-state index contributed by atoms with van der Waals surface area (Å²) in [4.78, 5) is 10.4. The van der Waals surface area contributed by atoms with Crippen molar-refractivity contribution >= 4 is 11.0 Å². The van der Waals surface area contributed by atoms with Gasteiger partial charge in [-0.15, -0.1) is 0 Å². The van der Waals surface area contributed by atoms with Crippen molar-refractivity contribution in [2.75, 3.05) is 13.7 Å². The summed E-state index contributed by atoms with van der Waals surface area (Å²) in [5.74, 6) is 1.58. The number of hydrogen-bond acceptors (Lipinski definition) is 3. The SMILES string of the molecule is C=CCOn1c(-c2ccc(OC)cc2)nc2ccccc21. The number of nitrogens with zero attached hydrogens (tertiary/aromatic N) is 2. The fourth-order valence-corrected chi connectivity index (χ4v) is 2.18. The zero-order valence-corrected chi connectivity index (χ0v) is 11.8. The van der Waals surface area contributed by atoms with Gasteiger partial charge in [-0.2, -0.15) is 4.73 Å². The van der Waals surface area contributed by atoms with Gasteiger partial charge in [-0.25, -0.2) is 4.98 Å². The average molecular weight is 280 g/mol. The number of ether oxygens (including phenoxy) is 1. The minimum atomic E-state index is 0.420. The van der Waals surface area contributed by atoms with E-state index >= 15 is 0 Å². The van der Waals surface area contributed by atoms with Gasteiger partial charge in [-0.1, -0.05) is 24.8 Å². The number of aromatic nitrogens is 2. The van der Waals surface area contributed by atoms with E-state index < -0.39 is 0 Å². The summed E-state index contributed by atoms with van der Waals surface area (Å²) in [5, 5.41) is 0. The molecule has 4 nitrogen and oxygen atoms in total. The fourth-order valence-electron chi connectivity index (χ4n) is 2.18. The Kier molecular flexibility index (Phi) is 3.60. The number of methoxy groups -OCH3 is 1. The van der Waals surface area contributed by atoms with Crippen LogP contribution in [0.1, 0.15) is 0 Å². The van der Waals surface area contributed by atoms with E-state index in [-0.39, 0.29) is 0 Å². The predicted molar refractivity (Wildman–Crippen MR) is 83.4 cm³/mol. The summed E-state index contributed by atoms with van der Waals surface area (Å²) < 4.78 is 6.94. The molecular weight excluding hydrogens is 264 g/mol.